The number of hydrogen-bond acceptors (Lipinski definition) is 5. The lowest BCUT2D eigenvalue weighted by molar-refractivity contribution is -0.386. The van der Waals surface area contributed by atoms with Gasteiger partial charge in [0.2, 0.25) is 0 Å². The number of rotatable bonds is 5. The van der Waals surface area contributed by atoms with E-state index in [4.69, 9.17) is 9.84 Å². The predicted octanol–water partition coefficient (Wildman–Crippen LogP) is 1.78. The van der Waals surface area contributed by atoms with Crippen molar-refractivity contribution in [3.63, 3.8) is 0 Å². The van der Waals surface area contributed by atoms with Crippen LogP contribution in [0.4, 0.5) is 5.69 Å². The maximum Gasteiger partial charge on any atom is 0.341 e. The highest BCUT2D eigenvalue weighted by Gasteiger charge is 2.16. The first-order chi connectivity index (χ1) is 7.54. The number of nitrogens with zero attached hydrogens (tertiary/aromatic N) is 1. The summed E-state index contributed by atoms with van der Waals surface area (Å²) in [5, 5.41) is 19.1. The van der Waals surface area contributed by atoms with Gasteiger partial charge in [0.25, 0.3) is 0 Å². The van der Waals surface area contributed by atoms with E-state index in [1.165, 1.54) is 23.9 Å². The van der Waals surface area contributed by atoms with E-state index in [0.29, 0.717) is 0 Å². The largest absolute Gasteiger partial charge is 0.479 e. The van der Waals surface area contributed by atoms with Gasteiger partial charge in [-0.05, 0) is 18.4 Å². The van der Waals surface area contributed by atoms with Crippen molar-refractivity contribution in [2.45, 2.75) is 4.90 Å². The summed E-state index contributed by atoms with van der Waals surface area (Å²) in [5.74, 6) is -1.21. The third-order valence-corrected chi connectivity index (χ3v) is 2.44. The topological polar surface area (TPSA) is 89.7 Å². The van der Waals surface area contributed by atoms with Crippen LogP contribution in [0.25, 0.3) is 0 Å². The minimum absolute atomic E-state index is 0.0369. The lowest BCUT2D eigenvalue weighted by Gasteiger charge is -2.05. The normalized spacial score (nSPS) is 9.81. The van der Waals surface area contributed by atoms with Gasteiger partial charge >= 0.3 is 11.7 Å². The monoisotopic (exact) mass is 243 g/mol. The molecule has 0 fully saturated rings. The fraction of sp³-hybridized carbons (Fsp3) is 0.222. The van der Waals surface area contributed by atoms with Crippen molar-refractivity contribution in [2.75, 3.05) is 12.9 Å². The summed E-state index contributed by atoms with van der Waals surface area (Å²) in [6, 6.07) is 4.38. The van der Waals surface area contributed by atoms with Crippen LogP contribution in [0.3, 0.4) is 0 Å². The molecule has 0 atom stereocenters. The molecular formula is C9H9NO5S. The number of hydrogen-bond donors (Lipinski definition) is 1. The van der Waals surface area contributed by atoms with E-state index in [9.17, 15) is 14.9 Å². The molecule has 0 aliphatic heterocycles. The Bertz CT molecular complexity index is 420. The number of thioether (sulfide) groups is 1. The highest BCUT2D eigenvalue weighted by Crippen LogP contribution is 2.31. The van der Waals surface area contributed by atoms with Crippen molar-refractivity contribution in [3.05, 3.63) is 28.3 Å². The van der Waals surface area contributed by atoms with Gasteiger partial charge in [-0.15, -0.1) is 11.8 Å². The first kappa shape index (κ1) is 12.3. The molecule has 0 saturated heterocycles. The number of nitro groups is 1. The van der Waals surface area contributed by atoms with Crippen LogP contribution >= 0.6 is 11.8 Å². The molecule has 86 valence electrons. The predicted molar refractivity (Wildman–Crippen MR) is 58.0 cm³/mol. The highest BCUT2D eigenvalue weighted by atomic mass is 32.2. The molecule has 0 aromatic heterocycles. The summed E-state index contributed by atoms with van der Waals surface area (Å²) >= 11 is 1.36. The molecule has 0 bridgehead atoms. The summed E-state index contributed by atoms with van der Waals surface area (Å²) in [6.07, 6.45) is 1.79. The molecule has 0 saturated carbocycles. The Hall–Kier alpha value is -1.76. The highest BCUT2D eigenvalue weighted by molar-refractivity contribution is 7.98. The van der Waals surface area contributed by atoms with E-state index in [2.05, 4.69) is 0 Å². The van der Waals surface area contributed by atoms with E-state index >= 15 is 0 Å². The van der Waals surface area contributed by atoms with Gasteiger partial charge in [-0.1, -0.05) is 0 Å². The molecule has 1 aromatic rings. The number of ether oxygens (including phenoxy) is 1. The number of nitro benzene ring substituents is 1. The van der Waals surface area contributed by atoms with Gasteiger partial charge in [-0.2, -0.15) is 0 Å². The Balaban J connectivity index is 2.98. The molecular weight excluding hydrogens is 234 g/mol. The first-order valence-electron chi connectivity index (χ1n) is 4.21. The molecule has 0 aliphatic carbocycles. The minimum atomic E-state index is -1.18. The van der Waals surface area contributed by atoms with Crippen LogP contribution in [0.5, 0.6) is 5.75 Å². The molecule has 0 radical (unpaired) electrons. The summed E-state index contributed by atoms with van der Waals surface area (Å²) in [4.78, 5) is 21.1. The molecule has 1 rings (SSSR count). The van der Waals surface area contributed by atoms with Gasteiger partial charge in [0.1, 0.15) is 0 Å². The van der Waals surface area contributed by atoms with Crippen molar-refractivity contribution in [1.29, 1.82) is 0 Å². The Morgan fingerprint density at radius 1 is 1.62 bits per heavy atom. The summed E-state index contributed by atoms with van der Waals surface area (Å²) in [5.41, 5.74) is -0.229. The molecule has 0 heterocycles. The number of carboxylic acid groups (broad SMARTS) is 1. The molecule has 1 aromatic carbocycles. The van der Waals surface area contributed by atoms with Crippen molar-refractivity contribution < 1.29 is 19.6 Å². The SMILES string of the molecule is CSc1ccc(OCC(=O)O)c([N+](=O)[O-])c1. The number of aliphatic carboxylic acids is 1. The maximum atomic E-state index is 10.7. The fourth-order valence-electron chi connectivity index (χ4n) is 1.03. The van der Waals surface area contributed by atoms with Crippen molar-refractivity contribution in [3.8, 4) is 5.75 Å². The van der Waals surface area contributed by atoms with Crippen LogP contribution in [0.2, 0.25) is 0 Å². The third kappa shape index (κ3) is 3.13. The maximum absolute atomic E-state index is 10.7. The second-order valence-corrected chi connectivity index (χ2v) is 3.65. The van der Waals surface area contributed by atoms with E-state index < -0.39 is 17.5 Å². The zero-order valence-corrected chi connectivity index (χ0v) is 9.19. The average molecular weight is 243 g/mol. The molecule has 0 spiro atoms. The Kier molecular flexibility index (Phi) is 4.12. The second kappa shape index (κ2) is 5.36. The zero-order valence-electron chi connectivity index (χ0n) is 8.37. The molecule has 7 heteroatoms. The van der Waals surface area contributed by atoms with Crippen LogP contribution in [0.1, 0.15) is 0 Å². The summed E-state index contributed by atoms with van der Waals surface area (Å²) < 4.78 is 4.81. The van der Waals surface area contributed by atoms with Crippen molar-refractivity contribution in [1.82, 2.24) is 0 Å². The van der Waals surface area contributed by atoms with Gasteiger partial charge in [0.15, 0.2) is 12.4 Å². The molecule has 0 amide bonds. The van der Waals surface area contributed by atoms with E-state index in [0.717, 1.165) is 4.90 Å². The molecule has 1 N–H and O–H groups in total. The van der Waals surface area contributed by atoms with E-state index in [1.807, 2.05) is 0 Å². The van der Waals surface area contributed by atoms with Gasteiger partial charge in [-0.25, -0.2) is 4.79 Å². The van der Waals surface area contributed by atoms with Crippen LogP contribution in [0, 0.1) is 10.1 Å². The standard InChI is InChI=1S/C9H9NO5S/c1-16-6-2-3-8(15-5-9(11)12)7(4-6)10(13)14/h2-4H,5H2,1H3,(H,11,12). The van der Waals surface area contributed by atoms with Gasteiger partial charge in [0.05, 0.1) is 4.92 Å². The molecule has 6 nitrogen and oxygen atoms in total. The Labute approximate surface area is 95.4 Å². The van der Waals surface area contributed by atoms with Crippen molar-refractivity contribution >= 4 is 23.4 Å². The average Bonchev–Trinajstić information content (AvgIpc) is 2.25. The molecule has 16 heavy (non-hydrogen) atoms. The van der Waals surface area contributed by atoms with Crippen LogP contribution in [-0.2, 0) is 4.79 Å². The third-order valence-electron chi connectivity index (χ3n) is 1.71. The van der Waals surface area contributed by atoms with Crippen LogP contribution in [-0.4, -0.2) is 28.9 Å². The lowest BCUT2D eigenvalue weighted by Crippen LogP contribution is -2.10. The number of benzene rings is 1. The van der Waals surface area contributed by atoms with E-state index in [1.54, 1.807) is 12.3 Å². The lowest BCUT2D eigenvalue weighted by atomic mass is 10.3. The summed E-state index contributed by atoms with van der Waals surface area (Å²) in [7, 11) is 0. The smallest absolute Gasteiger partial charge is 0.341 e. The quantitative estimate of drug-likeness (QED) is 0.481. The summed E-state index contributed by atoms with van der Waals surface area (Å²) in [6.45, 7) is -0.598. The molecule has 0 unspecified atom stereocenters. The Morgan fingerprint density at radius 2 is 2.31 bits per heavy atom. The first-order valence-corrected chi connectivity index (χ1v) is 5.44. The minimum Gasteiger partial charge on any atom is -0.479 e. The number of carboxylic acids is 1. The van der Waals surface area contributed by atoms with Crippen LogP contribution in [0.15, 0.2) is 23.1 Å². The Morgan fingerprint density at radius 3 is 2.81 bits per heavy atom. The fourth-order valence-corrected chi connectivity index (χ4v) is 1.46. The second-order valence-electron chi connectivity index (χ2n) is 2.77. The van der Waals surface area contributed by atoms with Gasteiger partial charge in [0, 0.05) is 11.0 Å². The van der Waals surface area contributed by atoms with E-state index in [-0.39, 0.29) is 11.4 Å². The molecule has 0 aliphatic rings. The van der Waals surface area contributed by atoms with Gasteiger partial charge in [-0.3, -0.25) is 10.1 Å². The van der Waals surface area contributed by atoms with Crippen molar-refractivity contribution in [2.24, 2.45) is 0 Å². The van der Waals surface area contributed by atoms with Crippen LogP contribution < -0.4 is 4.74 Å². The van der Waals surface area contributed by atoms with Gasteiger partial charge < -0.3 is 9.84 Å². The zero-order chi connectivity index (χ0) is 12.1. The number of carbonyl (C=O) groups is 1.